The van der Waals surface area contributed by atoms with Crippen LogP contribution in [-0.2, 0) is 19.7 Å². The van der Waals surface area contributed by atoms with Crippen molar-refractivity contribution in [1.29, 1.82) is 0 Å². The first kappa shape index (κ1) is 39.8. The number of carbonyl (C=O) groups excluding carboxylic acids is 2. The average Bonchev–Trinajstić information content (AvgIpc) is 2.73. The van der Waals surface area contributed by atoms with Gasteiger partial charge in [-0.1, -0.05) is 89.0 Å². The Balaban J connectivity index is -0.00000512. The van der Waals surface area contributed by atoms with Crippen molar-refractivity contribution in [3.8, 4) is 0 Å². The van der Waals surface area contributed by atoms with Crippen LogP contribution in [0, 0.1) is 0 Å². The number of aliphatic carboxylic acids is 2. The molecule has 0 saturated heterocycles. The zero-order chi connectivity index (χ0) is 25.0. The van der Waals surface area contributed by atoms with Crippen LogP contribution in [0.5, 0.6) is 0 Å². The van der Waals surface area contributed by atoms with Crippen LogP contribution in [-0.4, -0.2) is 29.7 Å². The Hall–Kier alpha value is 0.330. The van der Waals surface area contributed by atoms with Gasteiger partial charge >= 0.3 is 59.1 Å². The number of allylic oxidation sites excluding steroid dienone is 4. The molecule has 0 aromatic rings. The van der Waals surface area contributed by atoms with E-state index < -0.39 is 39.6 Å². The maximum Gasteiger partial charge on any atom is 1.00 e. The SMILES string of the molecule is CCCCCCCC/C=C\CCCCCCCCC=CCC(CC(=O)[O-])(C(=O)[O-])S(=O)(=O)O.[Na+].[Na+]. The van der Waals surface area contributed by atoms with Gasteiger partial charge in [0.2, 0.25) is 0 Å². The molecule has 0 aliphatic rings. The molecule has 1 unspecified atom stereocenters. The molecule has 0 aromatic carbocycles. The molecule has 0 fully saturated rings. The molecule has 0 aliphatic heterocycles. The molecule has 1 N–H and O–H groups in total. The summed E-state index contributed by atoms with van der Waals surface area (Å²) in [7, 11) is -5.18. The third kappa shape index (κ3) is 20.0. The van der Waals surface area contributed by atoms with Gasteiger partial charge in [-0.2, -0.15) is 8.42 Å². The number of hydrogen-bond donors (Lipinski definition) is 1. The van der Waals surface area contributed by atoms with Gasteiger partial charge in [-0.25, -0.2) is 0 Å². The van der Waals surface area contributed by atoms with Crippen molar-refractivity contribution in [1.82, 2.24) is 0 Å². The van der Waals surface area contributed by atoms with E-state index >= 15 is 0 Å². The summed E-state index contributed by atoms with van der Waals surface area (Å²) in [6.07, 6.45) is 22.8. The van der Waals surface area contributed by atoms with E-state index in [4.69, 9.17) is 0 Å². The maximum atomic E-state index is 11.5. The molecule has 0 heterocycles. The van der Waals surface area contributed by atoms with E-state index in [1.807, 2.05) is 0 Å². The molecular formula is C25H42Na2O7S. The smallest absolute Gasteiger partial charge is 0.550 e. The van der Waals surface area contributed by atoms with Crippen LogP contribution in [0.1, 0.15) is 116 Å². The zero-order valence-electron chi connectivity index (χ0n) is 22.1. The molecule has 0 rings (SSSR count). The first-order valence-corrected chi connectivity index (χ1v) is 13.8. The van der Waals surface area contributed by atoms with Gasteiger partial charge in [0.1, 0.15) is 4.75 Å². The molecular weight excluding hydrogens is 490 g/mol. The zero-order valence-corrected chi connectivity index (χ0v) is 27.0. The van der Waals surface area contributed by atoms with Crippen molar-refractivity contribution < 1.29 is 91.9 Å². The summed E-state index contributed by atoms with van der Waals surface area (Å²) in [6, 6.07) is 0. The van der Waals surface area contributed by atoms with Crippen molar-refractivity contribution >= 4 is 22.1 Å². The minimum Gasteiger partial charge on any atom is -0.550 e. The van der Waals surface area contributed by atoms with E-state index in [2.05, 4.69) is 19.1 Å². The average molecular weight is 533 g/mol. The second kappa shape index (κ2) is 24.7. The van der Waals surface area contributed by atoms with Crippen molar-refractivity contribution in [2.45, 2.75) is 121 Å². The number of carboxylic acids is 2. The van der Waals surface area contributed by atoms with E-state index in [-0.39, 0.29) is 59.1 Å². The summed E-state index contributed by atoms with van der Waals surface area (Å²) in [6.45, 7) is 2.23. The quantitative estimate of drug-likeness (QED) is 0.0730. The number of hydrogen-bond acceptors (Lipinski definition) is 6. The van der Waals surface area contributed by atoms with Crippen LogP contribution < -0.4 is 69.3 Å². The van der Waals surface area contributed by atoms with E-state index in [9.17, 15) is 32.8 Å². The molecule has 10 heteroatoms. The second-order valence-electron chi connectivity index (χ2n) is 8.71. The number of rotatable bonds is 22. The first-order chi connectivity index (χ1) is 15.7. The standard InChI is InChI=1S/C25H44O7S.2Na/c1-2-3-4-5-6-7-8-9-10-11-12-13-14-15-16-17-18-19-20-21-25(24(28)29,22-23(26)27)33(30,31)32;;/h9-10,19-20H,2-8,11-18,21-22H2,1H3,(H,26,27)(H,28,29)(H,30,31,32);;/q;2*+1/p-2/b10-9-,20-19?;;. The molecule has 7 nitrogen and oxygen atoms in total. The van der Waals surface area contributed by atoms with E-state index in [1.54, 1.807) is 6.08 Å². The fraction of sp³-hybridized carbons (Fsp3) is 0.760. The van der Waals surface area contributed by atoms with E-state index in [0.717, 1.165) is 32.1 Å². The third-order valence-electron chi connectivity index (χ3n) is 5.79. The molecule has 0 bridgehead atoms. The van der Waals surface area contributed by atoms with Gasteiger partial charge in [0.25, 0.3) is 10.1 Å². The summed E-state index contributed by atoms with van der Waals surface area (Å²) in [4.78, 5) is 22.0. The van der Waals surface area contributed by atoms with Crippen LogP contribution >= 0.6 is 0 Å². The van der Waals surface area contributed by atoms with Crippen LogP contribution in [0.15, 0.2) is 24.3 Å². The summed E-state index contributed by atoms with van der Waals surface area (Å²) in [5, 5.41) is 22.0. The molecule has 1 atom stereocenters. The summed E-state index contributed by atoms with van der Waals surface area (Å²) < 4.78 is 29.2. The fourth-order valence-electron chi connectivity index (χ4n) is 3.66. The summed E-state index contributed by atoms with van der Waals surface area (Å²) >= 11 is 0. The first-order valence-electron chi connectivity index (χ1n) is 12.4. The normalized spacial score (nSPS) is 13.3. The molecule has 0 saturated carbocycles. The Morgan fingerprint density at radius 1 is 0.714 bits per heavy atom. The molecule has 192 valence electrons. The van der Waals surface area contributed by atoms with Crippen LogP contribution in [0.2, 0.25) is 0 Å². The van der Waals surface area contributed by atoms with Gasteiger partial charge in [-0.3, -0.25) is 4.55 Å². The predicted molar refractivity (Wildman–Crippen MR) is 127 cm³/mol. The van der Waals surface area contributed by atoms with Gasteiger partial charge < -0.3 is 19.8 Å². The van der Waals surface area contributed by atoms with Gasteiger partial charge in [-0.15, -0.1) is 0 Å². The monoisotopic (exact) mass is 532 g/mol. The van der Waals surface area contributed by atoms with Crippen LogP contribution in [0.25, 0.3) is 0 Å². The Labute approximate surface area is 256 Å². The Kier molecular flexibility index (Phi) is 28.1. The Morgan fingerprint density at radius 3 is 1.43 bits per heavy atom. The van der Waals surface area contributed by atoms with Gasteiger partial charge in [-0.05, 0) is 44.9 Å². The van der Waals surface area contributed by atoms with Gasteiger partial charge in [0.05, 0.1) is 5.97 Å². The minimum absolute atomic E-state index is 0. The largest absolute Gasteiger partial charge is 1.00 e. The second-order valence-corrected chi connectivity index (χ2v) is 10.4. The minimum atomic E-state index is -5.18. The Bertz CT molecular complexity index is 709. The van der Waals surface area contributed by atoms with E-state index in [0.29, 0.717) is 6.42 Å². The van der Waals surface area contributed by atoms with Crippen molar-refractivity contribution in [2.24, 2.45) is 0 Å². The Morgan fingerprint density at radius 2 is 1.09 bits per heavy atom. The number of unbranched alkanes of at least 4 members (excludes halogenated alkanes) is 13. The predicted octanol–water partition coefficient (Wildman–Crippen LogP) is -2.12. The molecule has 0 spiro atoms. The number of carboxylic acid groups (broad SMARTS) is 2. The summed E-state index contributed by atoms with van der Waals surface area (Å²) in [5.74, 6) is -4.05. The fourth-order valence-corrected chi connectivity index (χ4v) is 4.48. The molecule has 35 heavy (non-hydrogen) atoms. The molecule has 0 amide bonds. The maximum absolute atomic E-state index is 11.5. The molecule has 0 radical (unpaired) electrons. The summed E-state index contributed by atoms with van der Waals surface area (Å²) in [5.41, 5.74) is 0. The van der Waals surface area contributed by atoms with Gasteiger partial charge in [0, 0.05) is 12.4 Å². The van der Waals surface area contributed by atoms with E-state index in [1.165, 1.54) is 63.9 Å². The number of carbonyl (C=O) groups is 2. The van der Waals surface area contributed by atoms with Gasteiger partial charge in [0.15, 0.2) is 0 Å². The molecule has 0 aromatic heterocycles. The van der Waals surface area contributed by atoms with Crippen LogP contribution in [0.4, 0.5) is 0 Å². The van der Waals surface area contributed by atoms with Crippen molar-refractivity contribution in [3.63, 3.8) is 0 Å². The molecule has 0 aliphatic carbocycles. The van der Waals surface area contributed by atoms with Crippen molar-refractivity contribution in [2.75, 3.05) is 0 Å². The van der Waals surface area contributed by atoms with Crippen molar-refractivity contribution in [3.05, 3.63) is 24.3 Å². The topological polar surface area (TPSA) is 135 Å². The third-order valence-corrected chi connectivity index (χ3v) is 7.26. The van der Waals surface area contributed by atoms with Crippen LogP contribution in [0.3, 0.4) is 0 Å².